The van der Waals surface area contributed by atoms with E-state index in [4.69, 9.17) is 18.9 Å². The maximum atomic E-state index is 6.18. The zero-order valence-electron chi connectivity index (χ0n) is 18.8. The van der Waals surface area contributed by atoms with Crippen molar-refractivity contribution in [2.24, 2.45) is 0 Å². The fourth-order valence-corrected chi connectivity index (χ4v) is 5.48. The summed E-state index contributed by atoms with van der Waals surface area (Å²) in [4.78, 5) is 3.52. The summed E-state index contributed by atoms with van der Waals surface area (Å²) in [7, 11) is 0. The van der Waals surface area contributed by atoms with Crippen molar-refractivity contribution in [2.45, 2.75) is 43.4 Å². The molecule has 2 fully saturated rings. The molecule has 4 unspecified atom stereocenters. The molecule has 0 saturated carbocycles. The highest BCUT2D eigenvalue weighted by Crippen LogP contribution is 2.48. The van der Waals surface area contributed by atoms with Crippen molar-refractivity contribution in [2.75, 3.05) is 31.3 Å². The number of aromatic nitrogens is 1. The quantitative estimate of drug-likeness (QED) is 0.403. The minimum absolute atomic E-state index is 0.102. The van der Waals surface area contributed by atoms with Gasteiger partial charge in [-0.25, -0.2) is 0 Å². The summed E-state index contributed by atoms with van der Waals surface area (Å²) in [6.07, 6.45) is 2.52. The Bertz CT molecular complexity index is 1180. The lowest BCUT2D eigenvalue weighted by Gasteiger charge is -2.28. The highest BCUT2D eigenvalue weighted by molar-refractivity contribution is 8.03. The SMILES string of the molecule is CC(OCC1CO1)N1/C(=C/c2cc3ccccc3n2C(C)OCC2CO2)Sc2ccccc21. The molecular weight excluding hydrogens is 436 g/mol. The van der Waals surface area contributed by atoms with Crippen molar-refractivity contribution in [3.8, 4) is 0 Å². The zero-order valence-corrected chi connectivity index (χ0v) is 19.7. The summed E-state index contributed by atoms with van der Waals surface area (Å²) in [6.45, 7) is 7.03. The van der Waals surface area contributed by atoms with Gasteiger partial charge in [0, 0.05) is 16.0 Å². The van der Waals surface area contributed by atoms with Crippen molar-refractivity contribution >= 4 is 34.4 Å². The van der Waals surface area contributed by atoms with Crippen LogP contribution in [0.2, 0.25) is 0 Å². The Kier molecular flexibility index (Phi) is 5.68. The summed E-state index contributed by atoms with van der Waals surface area (Å²) in [5.74, 6) is 0. The number of epoxide rings is 2. The summed E-state index contributed by atoms with van der Waals surface area (Å²) < 4.78 is 25.3. The highest BCUT2D eigenvalue weighted by atomic mass is 32.2. The van der Waals surface area contributed by atoms with Crippen LogP contribution in [-0.2, 0) is 18.9 Å². The maximum absolute atomic E-state index is 6.18. The van der Waals surface area contributed by atoms with E-state index in [1.165, 1.54) is 16.0 Å². The third-order valence-electron chi connectivity index (χ3n) is 6.20. The van der Waals surface area contributed by atoms with Crippen molar-refractivity contribution in [1.82, 2.24) is 4.57 Å². The van der Waals surface area contributed by atoms with Crippen LogP contribution in [0.3, 0.4) is 0 Å². The van der Waals surface area contributed by atoms with E-state index in [1.807, 2.05) is 0 Å². The smallest absolute Gasteiger partial charge is 0.132 e. The Balaban J connectivity index is 1.36. The third-order valence-corrected chi connectivity index (χ3v) is 7.29. The predicted octanol–water partition coefficient (Wildman–Crippen LogP) is 5.25. The molecule has 3 aromatic rings. The van der Waals surface area contributed by atoms with Gasteiger partial charge in [0.1, 0.15) is 24.7 Å². The Morgan fingerprint density at radius 1 is 0.970 bits per heavy atom. The number of ether oxygens (including phenoxy) is 4. The second-order valence-corrected chi connectivity index (χ2v) is 9.76. The number of thioether (sulfide) groups is 1. The summed E-state index contributed by atoms with van der Waals surface area (Å²) in [6, 6.07) is 19.2. The van der Waals surface area contributed by atoms with Gasteiger partial charge in [-0.15, -0.1) is 0 Å². The van der Waals surface area contributed by atoms with E-state index in [1.54, 1.807) is 11.8 Å². The summed E-state index contributed by atoms with van der Waals surface area (Å²) in [5, 5.41) is 2.34. The molecule has 0 amide bonds. The number of para-hydroxylation sites is 2. The Morgan fingerprint density at radius 2 is 1.64 bits per heavy atom. The molecule has 3 aliphatic rings. The van der Waals surface area contributed by atoms with Crippen molar-refractivity contribution in [3.05, 3.63) is 65.3 Å². The highest BCUT2D eigenvalue weighted by Gasteiger charge is 2.32. The van der Waals surface area contributed by atoms with Crippen LogP contribution in [0.25, 0.3) is 17.0 Å². The fraction of sp³-hybridized carbons (Fsp3) is 0.385. The number of fused-ring (bicyclic) bond motifs is 2. The molecule has 33 heavy (non-hydrogen) atoms. The Hall–Kier alpha value is -2.29. The van der Waals surface area contributed by atoms with Gasteiger partial charge >= 0.3 is 0 Å². The molecule has 0 N–H and O–H groups in total. The molecule has 0 spiro atoms. The average Bonchev–Trinajstić information content (AvgIpc) is 3.75. The van der Waals surface area contributed by atoms with Gasteiger partial charge in [0.05, 0.1) is 42.7 Å². The first kappa shape index (κ1) is 21.3. The van der Waals surface area contributed by atoms with E-state index in [9.17, 15) is 0 Å². The van der Waals surface area contributed by atoms with Gasteiger partial charge in [-0.05, 0) is 44.2 Å². The van der Waals surface area contributed by atoms with Crippen LogP contribution in [0.15, 0.2) is 64.5 Å². The molecule has 172 valence electrons. The molecular formula is C26H28N2O4S. The largest absolute Gasteiger partial charge is 0.371 e. The van der Waals surface area contributed by atoms with Crippen LogP contribution in [0.1, 0.15) is 25.8 Å². The van der Waals surface area contributed by atoms with Gasteiger partial charge in [0.2, 0.25) is 0 Å². The number of anilines is 1. The average molecular weight is 465 g/mol. The number of nitrogens with zero attached hydrogens (tertiary/aromatic N) is 2. The van der Waals surface area contributed by atoms with Gasteiger partial charge in [-0.1, -0.05) is 42.1 Å². The first-order valence-electron chi connectivity index (χ1n) is 11.5. The van der Waals surface area contributed by atoms with E-state index < -0.39 is 0 Å². The number of benzene rings is 2. The van der Waals surface area contributed by atoms with E-state index in [0.717, 1.165) is 29.5 Å². The van der Waals surface area contributed by atoms with E-state index >= 15 is 0 Å². The predicted molar refractivity (Wildman–Crippen MR) is 130 cm³/mol. The molecule has 6 nitrogen and oxygen atoms in total. The Morgan fingerprint density at radius 3 is 2.39 bits per heavy atom. The first-order valence-corrected chi connectivity index (χ1v) is 12.3. The van der Waals surface area contributed by atoms with Crippen molar-refractivity contribution in [3.63, 3.8) is 0 Å². The zero-order chi connectivity index (χ0) is 22.4. The van der Waals surface area contributed by atoms with Crippen molar-refractivity contribution < 1.29 is 18.9 Å². The molecule has 3 aliphatic heterocycles. The second kappa shape index (κ2) is 8.81. The van der Waals surface area contributed by atoms with Crippen molar-refractivity contribution in [1.29, 1.82) is 0 Å². The van der Waals surface area contributed by atoms with Gasteiger partial charge in [-0.3, -0.25) is 0 Å². The lowest BCUT2D eigenvalue weighted by Crippen LogP contribution is -2.32. The van der Waals surface area contributed by atoms with Crippen LogP contribution >= 0.6 is 11.8 Å². The molecule has 0 bridgehead atoms. The molecule has 0 aliphatic carbocycles. The minimum Gasteiger partial charge on any atom is -0.371 e. The monoisotopic (exact) mass is 464 g/mol. The molecule has 0 radical (unpaired) electrons. The molecule has 7 heteroatoms. The van der Waals surface area contributed by atoms with Crippen LogP contribution in [0.5, 0.6) is 0 Å². The number of hydrogen-bond donors (Lipinski definition) is 0. The topological polar surface area (TPSA) is 51.7 Å². The molecule has 2 saturated heterocycles. The maximum Gasteiger partial charge on any atom is 0.132 e. The van der Waals surface area contributed by atoms with Crippen LogP contribution in [0, 0.1) is 0 Å². The lowest BCUT2D eigenvalue weighted by molar-refractivity contribution is 0.0104. The van der Waals surface area contributed by atoms with E-state index in [0.29, 0.717) is 13.2 Å². The molecule has 6 rings (SSSR count). The summed E-state index contributed by atoms with van der Waals surface area (Å²) in [5.41, 5.74) is 3.45. The fourth-order valence-electron chi connectivity index (χ4n) is 4.31. The van der Waals surface area contributed by atoms with E-state index in [2.05, 4.69) is 84.0 Å². The lowest BCUT2D eigenvalue weighted by atomic mass is 10.2. The van der Waals surface area contributed by atoms with Gasteiger partial charge in [0.25, 0.3) is 0 Å². The summed E-state index contributed by atoms with van der Waals surface area (Å²) >= 11 is 1.78. The van der Waals surface area contributed by atoms with E-state index in [-0.39, 0.29) is 24.7 Å². The van der Waals surface area contributed by atoms with Crippen LogP contribution in [0.4, 0.5) is 5.69 Å². The van der Waals surface area contributed by atoms with Crippen LogP contribution in [-0.4, -0.2) is 49.4 Å². The second-order valence-electron chi connectivity index (χ2n) is 8.70. The first-order chi connectivity index (χ1) is 16.2. The third kappa shape index (κ3) is 4.44. The standard InChI is InChI=1S/C26H28N2O4S/c1-17(29-13-21-15-31-21)27-20(11-19-7-3-4-8-23(19)27)12-26-28(18(2)30-14-22-16-32-22)24-9-5-6-10-25(24)33-26/h3-12,17-18,21-22H,13-16H2,1-2H3/b26-12-. The van der Waals surface area contributed by atoms with Gasteiger partial charge in [-0.2, -0.15) is 0 Å². The number of hydrogen-bond acceptors (Lipinski definition) is 6. The molecule has 1 aromatic heterocycles. The van der Waals surface area contributed by atoms with Crippen LogP contribution < -0.4 is 4.90 Å². The van der Waals surface area contributed by atoms with Gasteiger partial charge < -0.3 is 28.4 Å². The number of rotatable bonds is 9. The Labute approximate surface area is 198 Å². The molecule has 2 aromatic carbocycles. The normalized spacial score (nSPS) is 24.3. The van der Waals surface area contributed by atoms with Gasteiger partial charge in [0.15, 0.2) is 0 Å². The molecule has 4 heterocycles. The minimum atomic E-state index is -0.108. The molecule has 4 atom stereocenters.